The predicted molar refractivity (Wildman–Crippen MR) is 122 cm³/mol. The highest BCUT2D eigenvalue weighted by molar-refractivity contribution is 5.71. The maximum absolute atomic E-state index is 14.9. The minimum absolute atomic E-state index is 0.217. The Hall–Kier alpha value is -3.74. The lowest BCUT2D eigenvalue weighted by Crippen LogP contribution is -2.22. The van der Waals surface area contributed by atoms with Gasteiger partial charge in [0.15, 0.2) is 17.5 Å². The SMILES string of the molecule is CCCc1ccc(-c2ccc(-c3ccc(C(F)(F)Oc4cc(F)c(F)c(F)c4)cc3)c(F)c2)cc1. The lowest BCUT2D eigenvalue weighted by atomic mass is 9.98. The van der Waals surface area contributed by atoms with Crippen molar-refractivity contribution in [1.29, 1.82) is 0 Å². The van der Waals surface area contributed by atoms with Gasteiger partial charge in [0.2, 0.25) is 0 Å². The third kappa shape index (κ3) is 5.34. The fourth-order valence-electron chi connectivity index (χ4n) is 3.72. The maximum Gasteiger partial charge on any atom is 0.426 e. The summed E-state index contributed by atoms with van der Waals surface area (Å²) in [6.45, 7) is 2.09. The molecule has 0 aliphatic rings. The fourth-order valence-corrected chi connectivity index (χ4v) is 3.72. The zero-order valence-electron chi connectivity index (χ0n) is 18.6. The number of halogens is 6. The third-order valence-corrected chi connectivity index (χ3v) is 5.53. The topological polar surface area (TPSA) is 9.23 Å². The van der Waals surface area contributed by atoms with Crippen LogP contribution in [0.3, 0.4) is 0 Å². The Morgan fingerprint density at radius 1 is 0.657 bits per heavy atom. The molecule has 0 radical (unpaired) electrons. The number of hydrogen-bond donors (Lipinski definition) is 0. The second kappa shape index (κ2) is 9.86. The van der Waals surface area contributed by atoms with Crippen molar-refractivity contribution in [1.82, 2.24) is 0 Å². The molecule has 35 heavy (non-hydrogen) atoms. The van der Waals surface area contributed by atoms with E-state index in [1.165, 1.54) is 23.8 Å². The first-order valence-electron chi connectivity index (χ1n) is 10.9. The van der Waals surface area contributed by atoms with E-state index in [9.17, 15) is 26.3 Å². The zero-order chi connectivity index (χ0) is 25.2. The van der Waals surface area contributed by atoms with Crippen molar-refractivity contribution in [2.24, 2.45) is 0 Å². The van der Waals surface area contributed by atoms with Gasteiger partial charge in [0, 0.05) is 17.7 Å². The average Bonchev–Trinajstić information content (AvgIpc) is 2.83. The van der Waals surface area contributed by atoms with E-state index >= 15 is 0 Å². The van der Waals surface area contributed by atoms with Crippen LogP contribution in [0.2, 0.25) is 0 Å². The van der Waals surface area contributed by atoms with Crippen LogP contribution in [0.25, 0.3) is 22.3 Å². The van der Waals surface area contributed by atoms with Crippen LogP contribution in [-0.2, 0) is 12.5 Å². The molecule has 0 N–H and O–H groups in total. The molecule has 0 saturated carbocycles. The first kappa shape index (κ1) is 24.4. The van der Waals surface area contributed by atoms with Crippen molar-refractivity contribution in [2.75, 3.05) is 0 Å². The number of rotatable bonds is 7. The predicted octanol–water partition coefficient (Wildman–Crippen LogP) is 8.66. The summed E-state index contributed by atoms with van der Waals surface area (Å²) in [6, 6.07) is 17.8. The van der Waals surface area contributed by atoms with E-state index in [1.54, 1.807) is 12.1 Å². The lowest BCUT2D eigenvalue weighted by molar-refractivity contribution is -0.185. The number of benzene rings is 4. The van der Waals surface area contributed by atoms with Crippen LogP contribution in [0.15, 0.2) is 78.9 Å². The molecule has 0 aromatic heterocycles. The summed E-state index contributed by atoms with van der Waals surface area (Å²) in [4.78, 5) is 0. The smallest absolute Gasteiger partial charge is 0.426 e. The second-order valence-electron chi connectivity index (χ2n) is 8.04. The van der Waals surface area contributed by atoms with E-state index < -0.39 is 40.7 Å². The summed E-state index contributed by atoms with van der Waals surface area (Å²) in [5, 5.41) is 0. The molecule has 0 saturated heterocycles. The van der Waals surface area contributed by atoms with E-state index in [2.05, 4.69) is 11.7 Å². The van der Waals surface area contributed by atoms with E-state index in [0.29, 0.717) is 23.3 Å². The monoisotopic (exact) mass is 486 g/mol. The van der Waals surface area contributed by atoms with E-state index in [1.807, 2.05) is 24.3 Å². The Kier molecular flexibility index (Phi) is 6.87. The van der Waals surface area contributed by atoms with Crippen molar-refractivity contribution >= 4 is 0 Å². The molecule has 4 aromatic rings. The summed E-state index contributed by atoms with van der Waals surface area (Å²) < 4.78 is 87.9. The van der Waals surface area contributed by atoms with Crippen LogP contribution < -0.4 is 4.74 Å². The minimum Gasteiger partial charge on any atom is -0.429 e. The molecule has 4 aromatic carbocycles. The standard InChI is InChI=1S/C28H20F6O/c1-2-3-17-4-6-18(7-5-17)20-10-13-23(24(29)14-20)19-8-11-21(12-9-19)28(33,34)35-22-15-25(30)27(32)26(31)16-22/h4-16H,2-3H2,1H3. The minimum atomic E-state index is -3.97. The Balaban J connectivity index is 1.54. The van der Waals surface area contributed by atoms with Gasteiger partial charge in [-0.25, -0.2) is 17.6 Å². The number of alkyl halides is 2. The molecule has 1 nitrogen and oxygen atoms in total. The molecule has 7 heteroatoms. The Bertz CT molecular complexity index is 1310. The van der Waals surface area contributed by atoms with Gasteiger partial charge in [0.25, 0.3) is 0 Å². The van der Waals surface area contributed by atoms with Crippen molar-refractivity contribution < 1.29 is 31.1 Å². The van der Waals surface area contributed by atoms with Crippen molar-refractivity contribution in [3.05, 3.63) is 113 Å². The highest BCUT2D eigenvalue weighted by atomic mass is 19.3. The normalized spacial score (nSPS) is 11.5. The fraction of sp³-hybridized carbons (Fsp3) is 0.143. The molecule has 0 spiro atoms. The third-order valence-electron chi connectivity index (χ3n) is 5.53. The van der Waals surface area contributed by atoms with Gasteiger partial charge in [0.05, 0.1) is 5.56 Å². The highest BCUT2D eigenvalue weighted by Gasteiger charge is 2.35. The molecule has 0 aliphatic heterocycles. The maximum atomic E-state index is 14.9. The van der Waals surface area contributed by atoms with Crippen LogP contribution in [0.5, 0.6) is 5.75 Å². The van der Waals surface area contributed by atoms with Crippen LogP contribution >= 0.6 is 0 Å². The molecule has 0 heterocycles. The van der Waals surface area contributed by atoms with Gasteiger partial charge in [0.1, 0.15) is 11.6 Å². The Labute approximate surface area is 198 Å². The van der Waals surface area contributed by atoms with Gasteiger partial charge in [-0.3, -0.25) is 0 Å². The first-order chi connectivity index (χ1) is 16.7. The molecule has 0 atom stereocenters. The molecule has 0 fully saturated rings. The van der Waals surface area contributed by atoms with Crippen molar-refractivity contribution in [3.63, 3.8) is 0 Å². The van der Waals surface area contributed by atoms with Crippen LogP contribution in [0.4, 0.5) is 26.3 Å². The van der Waals surface area contributed by atoms with E-state index in [-0.39, 0.29) is 5.56 Å². The van der Waals surface area contributed by atoms with Gasteiger partial charge in [-0.1, -0.05) is 61.9 Å². The Morgan fingerprint density at radius 3 is 1.80 bits per heavy atom. The molecule has 0 unspecified atom stereocenters. The summed E-state index contributed by atoms with van der Waals surface area (Å²) in [5.74, 6) is -6.48. The number of ether oxygens (including phenoxy) is 1. The van der Waals surface area contributed by atoms with Crippen LogP contribution in [0.1, 0.15) is 24.5 Å². The van der Waals surface area contributed by atoms with Gasteiger partial charge in [-0.2, -0.15) is 8.78 Å². The summed E-state index contributed by atoms with van der Waals surface area (Å²) in [7, 11) is 0. The molecule has 0 bridgehead atoms. The van der Waals surface area contributed by atoms with Crippen LogP contribution in [0, 0.1) is 23.3 Å². The summed E-state index contributed by atoms with van der Waals surface area (Å²) in [5.41, 5.74) is 2.68. The quantitative estimate of drug-likeness (QED) is 0.188. The highest BCUT2D eigenvalue weighted by Crippen LogP contribution is 2.35. The van der Waals surface area contributed by atoms with E-state index in [0.717, 1.165) is 30.5 Å². The van der Waals surface area contributed by atoms with Crippen LogP contribution in [-0.4, -0.2) is 0 Å². The summed E-state index contributed by atoms with van der Waals surface area (Å²) in [6.07, 6.45) is -1.98. The summed E-state index contributed by atoms with van der Waals surface area (Å²) >= 11 is 0. The zero-order valence-corrected chi connectivity index (χ0v) is 18.6. The average molecular weight is 486 g/mol. The first-order valence-corrected chi connectivity index (χ1v) is 10.9. The molecular formula is C28H20F6O. The van der Waals surface area contributed by atoms with Crippen molar-refractivity contribution in [2.45, 2.75) is 25.9 Å². The van der Waals surface area contributed by atoms with Crippen molar-refractivity contribution in [3.8, 4) is 28.0 Å². The van der Waals surface area contributed by atoms with Gasteiger partial charge >= 0.3 is 6.11 Å². The lowest BCUT2D eigenvalue weighted by Gasteiger charge is -2.19. The van der Waals surface area contributed by atoms with Gasteiger partial charge in [-0.15, -0.1) is 0 Å². The Morgan fingerprint density at radius 2 is 1.23 bits per heavy atom. The second-order valence-corrected chi connectivity index (χ2v) is 8.04. The molecule has 180 valence electrons. The van der Waals surface area contributed by atoms with E-state index in [4.69, 9.17) is 0 Å². The number of aryl methyl sites for hydroxylation is 1. The largest absolute Gasteiger partial charge is 0.429 e. The molecular weight excluding hydrogens is 466 g/mol. The van der Waals surface area contributed by atoms with Gasteiger partial charge < -0.3 is 4.74 Å². The van der Waals surface area contributed by atoms with Gasteiger partial charge in [-0.05, 0) is 46.9 Å². The number of hydrogen-bond acceptors (Lipinski definition) is 1. The molecule has 0 amide bonds. The molecule has 4 rings (SSSR count). The molecule has 0 aliphatic carbocycles.